The van der Waals surface area contributed by atoms with Crippen LogP contribution in [0.2, 0.25) is 10.0 Å². The number of carbonyl (C=O) groups is 3. The summed E-state index contributed by atoms with van der Waals surface area (Å²) in [7, 11) is 0. The van der Waals surface area contributed by atoms with Crippen LogP contribution in [0.1, 0.15) is 41.0 Å². The van der Waals surface area contributed by atoms with Gasteiger partial charge in [0.05, 0.1) is 21.8 Å². The highest BCUT2D eigenvalue weighted by Gasteiger charge is 2.42. The number of benzene rings is 2. The van der Waals surface area contributed by atoms with Crippen LogP contribution >= 0.6 is 23.2 Å². The third kappa shape index (κ3) is 3.84. The molecule has 1 N–H and O–H groups in total. The van der Waals surface area contributed by atoms with Crippen LogP contribution in [-0.2, 0) is 4.79 Å². The van der Waals surface area contributed by atoms with Crippen LogP contribution in [0.15, 0.2) is 42.5 Å². The Morgan fingerprint density at radius 2 is 1.63 bits per heavy atom. The van der Waals surface area contributed by atoms with Crippen molar-refractivity contribution in [3.63, 3.8) is 0 Å². The van der Waals surface area contributed by atoms with Crippen LogP contribution in [0.3, 0.4) is 0 Å². The number of nitrogens with one attached hydrogen (secondary N) is 1. The summed E-state index contributed by atoms with van der Waals surface area (Å²) in [6.45, 7) is 3.85. The third-order valence-corrected chi connectivity index (χ3v) is 4.87. The molecular weight excluding hydrogens is 387 g/mol. The molecule has 1 aliphatic heterocycles. The summed E-state index contributed by atoms with van der Waals surface area (Å²) < 4.78 is 0. The molecule has 0 aliphatic carbocycles. The molecule has 1 unspecified atom stereocenters. The zero-order valence-corrected chi connectivity index (χ0v) is 16.3. The van der Waals surface area contributed by atoms with Gasteiger partial charge in [0, 0.05) is 5.02 Å². The molecule has 27 heavy (non-hydrogen) atoms. The highest BCUT2D eigenvalue weighted by atomic mass is 35.5. The fraction of sp³-hybridized carbons (Fsp3) is 0.250. The number of hydrogen-bond donors (Lipinski definition) is 1. The fourth-order valence-corrected chi connectivity index (χ4v) is 3.53. The van der Waals surface area contributed by atoms with Crippen molar-refractivity contribution in [3.05, 3.63) is 63.6 Å². The first-order valence-corrected chi connectivity index (χ1v) is 9.28. The molecule has 1 aliphatic rings. The minimum atomic E-state index is -0.941. The fourth-order valence-electron chi connectivity index (χ4n) is 3.07. The molecule has 0 aromatic heterocycles. The van der Waals surface area contributed by atoms with E-state index in [1.54, 1.807) is 36.4 Å². The molecule has 5 nitrogen and oxygen atoms in total. The van der Waals surface area contributed by atoms with E-state index in [2.05, 4.69) is 5.32 Å². The van der Waals surface area contributed by atoms with Gasteiger partial charge in [-0.15, -0.1) is 0 Å². The van der Waals surface area contributed by atoms with Gasteiger partial charge in [-0.25, -0.2) is 0 Å². The van der Waals surface area contributed by atoms with Crippen LogP contribution in [0, 0.1) is 5.92 Å². The molecule has 140 valence electrons. The average Bonchev–Trinajstić information content (AvgIpc) is 2.86. The topological polar surface area (TPSA) is 66.5 Å². The number of rotatable bonds is 5. The van der Waals surface area contributed by atoms with E-state index < -0.39 is 23.8 Å². The molecule has 3 amide bonds. The number of nitrogens with zero attached hydrogens (tertiary/aromatic N) is 1. The first-order chi connectivity index (χ1) is 12.8. The van der Waals surface area contributed by atoms with Crippen molar-refractivity contribution < 1.29 is 14.4 Å². The zero-order valence-electron chi connectivity index (χ0n) is 14.8. The van der Waals surface area contributed by atoms with Gasteiger partial charge in [-0.05, 0) is 42.7 Å². The monoisotopic (exact) mass is 404 g/mol. The molecule has 0 spiro atoms. The summed E-state index contributed by atoms with van der Waals surface area (Å²) in [4.78, 5) is 39.6. The summed E-state index contributed by atoms with van der Waals surface area (Å²) in [5.74, 6) is -1.30. The Hall–Kier alpha value is -2.37. The van der Waals surface area contributed by atoms with E-state index in [-0.39, 0.29) is 10.9 Å². The van der Waals surface area contributed by atoms with E-state index in [1.165, 1.54) is 6.07 Å². The Morgan fingerprint density at radius 1 is 1.04 bits per heavy atom. The first kappa shape index (κ1) is 19.4. The molecule has 2 aromatic carbocycles. The summed E-state index contributed by atoms with van der Waals surface area (Å²) >= 11 is 12.0. The number of carbonyl (C=O) groups excluding carboxylic acids is 3. The molecule has 0 radical (unpaired) electrons. The Bertz CT molecular complexity index is 892. The van der Waals surface area contributed by atoms with E-state index in [0.29, 0.717) is 28.3 Å². The first-order valence-electron chi connectivity index (χ1n) is 8.52. The SMILES string of the molecule is CC(C)CC(C(=O)Nc1ccc(Cl)cc1Cl)N1C(=O)c2ccccc2C1=O. The standard InChI is InChI=1S/C20H18Cl2N2O3/c1-11(2)9-17(18(25)23-16-8-7-12(21)10-15(16)22)24-19(26)13-5-3-4-6-14(13)20(24)27/h3-8,10-11,17H,9H2,1-2H3,(H,23,25). The van der Waals surface area contributed by atoms with Crippen molar-refractivity contribution in [2.24, 2.45) is 5.92 Å². The van der Waals surface area contributed by atoms with Gasteiger partial charge in [0.2, 0.25) is 5.91 Å². The van der Waals surface area contributed by atoms with Crippen LogP contribution in [0.25, 0.3) is 0 Å². The molecular formula is C20H18Cl2N2O3. The van der Waals surface area contributed by atoms with Crippen molar-refractivity contribution in [2.75, 3.05) is 5.32 Å². The van der Waals surface area contributed by atoms with Crippen LogP contribution in [0.5, 0.6) is 0 Å². The largest absolute Gasteiger partial charge is 0.323 e. The number of fused-ring (bicyclic) bond motifs is 1. The molecule has 0 bridgehead atoms. The van der Waals surface area contributed by atoms with E-state index in [0.717, 1.165) is 4.90 Å². The van der Waals surface area contributed by atoms with Gasteiger partial charge in [-0.2, -0.15) is 0 Å². The van der Waals surface area contributed by atoms with E-state index in [1.807, 2.05) is 13.8 Å². The Balaban J connectivity index is 1.91. The molecule has 3 rings (SSSR count). The number of hydrogen-bond acceptors (Lipinski definition) is 3. The minimum Gasteiger partial charge on any atom is -0.323 e. The van der Waals surface area contributed by atoms with Crippen LogP contribution in [0.4, 0.5) is 5.69 Å². The molecule has 7 heteroatoms. The lowest BCUT2D eigenvalue weighted by Crippen LogP contribution is -2.48. The lowest BCUT2D eigenvalue weighted by molar-refractivity contribution is -0.120. The molecule has 0 saturated carbocycles. The van der Waals surface area contributed by atoms with Gasteiger partial charge >= 0.3 is 0 Å². The van der Waals surface area contributed by atoms with Crippen molar-refractivity contribution in [2.45, 2.75) is 26.3 Å². The summed E-state index contributed by atoms with van der Waals surface area (Å²) in [5.41, 5.74) is 0.999. The predicted molar refractivity (Wildman–Crippen MR) is 105 cm³/mol. The van der Waals surface area contributed by atoms with Crippen LogP contribution < -0.4 is 5.32 Å². The molecule has 1 atom stereocenters. The van der Waals surface area contributed by atoms with Gasteiger partial charge in [0.25, 0.3) is 11.8 Å². The highest BCUT2D eigenvalue weighted by Crippen LogP contribution is 2.29. The smallest absolute Gasteiger partial charge is 0.262 e. The van der Waals surface area contributed by atoms with Gasteiger partial charge in [-0.3, -0.25) is 19.3 Å². The lowest BCUT2D eigenvalue weighted by Gasteiger charge is -2.27. The van der Waals surface area contributed by atoms with Crippen molar-refractivity contribution in [1.82, 2.24) is 4.90 Å². The van der Waals surface area contributed by atoms with Gasteiger partial charge in [0.1, 0.15) is 6.04 Å². The minimum absolute atomic E-state index is 0.0887. The second-order valence-electron chi connectivity index (χ2n) is 6.78. The zero-order chi connectivity index (χ0) is 19.7. The average molecular weight is 405 g/mol. The van der Waals surface area contributed by atoms with E-state index in [4.69, 9.17) is 23.2 Å². The second kappa shape index (κ2) is 7.71. The second-order valence-corrected chi connectivity index (χ2v) is 7.63. The van der Waals surface area contributed by atoms with E-state index in [9.17, 15) is 14.4 Å². The Morgan fingerprint density at radius 3 is 2.15 bits per heavy atom. The summed E-state index contributed by atoms with van der Waals surface area (Å²) in [6.07, 6.45) is 0.336. The maximum absolute atomic E-state index is 13.0. The highest BCUT2D eigenvalue weighted by molar-refractivity contribution is 6.36. The summed E-state index contributed by atoms with van der Waals surface area (Å²) in [6, 6.07) is 10.3. The number of halogens is 2. The molecule has 0 saturated heterocycles. The third-order valence-electron chi connectivity index (χ3n) is 4.32. The maximum Gasteiger partial charge on any atom is 0.262 e. The number of anilines is 1. The van der Waals surface area contributed by atoms with Gasteiger partial charge in [-0.1, -0.05) is 49.2 Å². The quantitative estimate of drug-likeness (QED) is 0.737. The van der Waals surface area contributed by atoms with Gasteiger partial charge in [0.15, 0.2) is 0 Å². The molecule has 2 aromatic rings. The Labute approximate surface area is 167 Å². The van der Waals surface area contributed by atoms with E-state index >= 15 is 0 Å². The molecule has 0 fully saturated rings. The van der Waals surface area contributed by atoms with Crippen molar-refractivity contribution in [3.8, 4) is 0 Å². The Kier molecular flexibility index (Phi) is 5.53. The van der Waals surface area contributed by atoms with Crippen molar-refractivity contribution >= 4 is 46.6 Å². The maximum atomic E-state index is 13.0. The number of imide groups is 1. The summed E-state index contributed by atoms with van der Waals surface area (Å²) in [5, 5.41) is 3.43. The molecule has 1 heterocycles. The lowest BCUT2D eigenvalue weighted by atomic mass is 10.0. The van der Waals surface area contributed by atoms with Crippen molar-refractivity contribution in [1.29, 1.82) is 0 Å². The number of amides is 3. The van der Waals surface area contributed by atoms with Crippen LogP contribution in [-0.4, -0.2) is 28.7 Å². The predicted octanol–water partition coefficient (Wildman–Crippen LogP) is 4.64. The normalized spacial score (nSPS) is 14.5. The van der Waals surface area contributed by atoms with Gasteiger partial charge < -0.3 is 5.32 Å².